The van der Waals surface area contributed by atoms with Crippen molar-refractivity contribution in [1.29, 1.82) is 0 Å². The molecule has 9 aliphatic rings. The van der Waals surface area contributed by atoms with Crippen LogP contribution in [0.1, 0.15) is 127 Å². The zero-order chi connectivity index (χ0) is 55.3. The average molecular weight is 1070 g/mol. The van der Waals surface area contributed by atoms with Gasteiger partial charge in [-0.2, -0.15) is 0 Å². The summed E-state index contributed by atoms with van der Waals surface area (Å²) in [7, 11) is 3.37. The highest BCUT2D eigenvalue weighted by Crippen LogP contribution is 2.71. The van der Waals surface area contributed by atoms with Gasteiger partial charge in [0.2, 0.25) is 6.29 Å². The van der Waals surface area contributed by atoms with Crippen LogP contribution in [0, 0.1) is 17.8 Å². The minimum Gasteiger partial charge on any atom is -0.482 e. The van der Waals surface area contributed by atoms with E-state index in [0.717, 1.165) is 25.1 Å². The Morgan fingerprint density at radius 3 is 2.26 bits per heavy atom. The number of benzene rings is 2. The molecule has 1 spiro atoms. The Hall–Kier alpha value is -5.24. The molecule has 2 aromatic carbocycles. The number of rotatable bonds is 13. The Kier molecular flexibility index (Phi) is 14.4. The number of allylic oxidation sites excluding steroid dienone is 4. The lowest BCUT2D eigenvalue weighted by atomic mass is 9.44. The zero-order valence-electron chi connectivity index (χ0n) is 46.6. The summed E-state index contributed by atoms with van der Waals surface area (Å²) in [5.41, 5.74) is -1.47. The molecule has 3 saturated carbocycles. The molecule has 0 aromatic heterocycles. The van der Waals surface area contributed by atoms with Crippen molar-refractivity contribution in [1.82, 2.24) is 9.80 Å². The summed E-state index contributed by atoms with van der Waals surface area (Å²) in [5.74, 6) is -4.13. The number of aliphatic hydroxyl groups is 2. The summed E-state index contributed by atoms with van der Waals surface area (Å²) < 4.78 is 57.6. The number of ketones is 2. The normalized spacial score (nSPS) is 34.6. The van der Waals surface area contributed by atoms with Crippen LogP contribution in [-0.2, 0) is 39.7 Å². The first-order chi connectivity index (χ1) is 36.3. The molecule has 4 saturated heterocycles. The molecule has 6 aliphatic heterocycles. The predicted molar refractivity (Wildman–Crippen MR) is 283 cm³/mol. The van der Waals surface area contributed by atoms with E-state index >= 15 is 9.59 Å². The minimum absolute atomic E-state index is 0.0287. The quantitative estimate of drug-likeness (QED) is 0.0889. The number of carbonyl (C=O) groups is 4. The lowest BCUT2D eigenvalue weighted by Gasteiger charge is -2.65. The van der Waals surface area contributed by atoms with Crippen molar-refractivity contribution in [2.24, 2.45) is 17.8 Å². The number of methoxy groups -OCH3 is 1. The van der Waals surface area contributed by atoms with Crippen LogP contribution in [0.4, 0.5) is 0 Å². The number of fused-ring (bicyclic) bond motifs is 3. The van der Waals surface area contributed by atoms with E-state index in [-0.39, 0.29) is 65.0 Å². The largest absolute Gasteiger partial charge is 0.482 e. The molecule has 7 fully saturated rings. The molecule has 0 amide bonds. The smallest absolute Gasteiger partial charge is 0.343 e. The van der Waals surface area contributed by atoms with E-state index in [1.807, 2.05) is 52.8 Å². The molecule has 11 rings (SSSR count). The van der Waals surface area contributed by atoms with Gasteiger partial charge in [-0.05, 0) is 138 Å². The predicted octanol–water partition coefficient (Wildman–Crippen LogP) is 7.12. The van der Waals surface area contributed by atoms with E-state index < -0.39 is 94.6 Å². The number of Topliss-reactive ketones (excluding diaryl/α,β-unsaturated/α-hetero) is 2. The number of hydrogen-bond acceptors (Lipinski definition) is 17. The van der Waals surface area contributed by atoms with Gasteiger partial charge < -0.3 is 57.7 Å². The molecule has 6 heterocycles. The lowest BCUT2D eigenvalue weighted by molar-refractivity contribution is -0.373. The number of likely N-dealkylation sites (N-methyl/N-ethyl adjacent to an activating group) is 1. The fourth-order valence-corrected chi connectivity index (χ4v) is 13.5. The highest BCUT2D eigenvalue weighted by molar-refractivity contribution is 6.11. The van der Waals surface area contributed by atoms with Gasteiger partial charge in [0.1, 0.15) is 52.8 Å². The van der Waals surface area contributed by atoms with Crippen LogP contribution in [-0.4, -0.2) is 155 Å². The van der Waals surface area contributed by atoms with Gasteiger partial charge in [0.05, 0.1) is 36.4 Å². The number of esters is 2. The number of hydrogen-bond donors (Lipinski definition) is 2. The van der Waals surface area contributed by atoms with Crippen LogP contribution in [0.2, 0.25) is 0 Å². The maximum absolute atomic E-state index is 16.7. The number of carbonyl (C=O) groups excluding carboxylic acids is 4. The van der Waals surface area contributed by atoms with Gasteiger partial charge in [0.15, 0.2) is 34.3 Å². The van der Waals surface area contributed by atoms with Gasteiger partial charge in [-0.3, -0.25) is 14.5 Å². The van der Waals surface area contributed by atoms with Gasteiger partial charge in [-0.1, -0.05) is 29.4 Å². The molecule has 17 nitrogen and oxygen atoms in total. The van der Waals surface area contributed by atoms with Gasteiger partial charge >= 0.3 is 11.9 Å². The fourth-order valence-electron chi connectivity index (χ4n) is 13.5. The Morgan fingerprint density at radius 1 is 0.883 bits per heavy atom. The van der Waals surface area contributed by atoms with E-state index in [1.165, 1.54) is 36.9 Å². The molecule has 0 radical (unpaired) electrons. The maximum atomic E-state index is 16.7. The monoisotopic (exact) mass is 1060 g/mol. The van der Waals surface area contributed by atoms with Crippen molar-refractivity contribution in [2.75, 3.05) is 46.9 Å². The lowest BCUT2D eigenvalue weighted by Crippen LogP contribution is -2.82. The van der Waals surface area contributed by atoms with Gasteiger partial charge in [0.25, 0.3) is 0 Å². The first-order valence-corrected chi connectivity index (χ1v) is 27.2. The summed E-state index contributed by atoms with van der Waals surface area (Å²) in [6.45, 7) is 21.8. The maximum Gasteiger partial charge on any atom is 0.343 e. The molecule has 2 N–H and O–H groups in total. The van der Waals surface area contributed by atoms with Crippen molar-refractivity contribution in [3.05, 3.63) is 87.5 Å². The first-order valence-electron chi connectivity index (χ1n) is 27.2. The third-order valence-corrected chi connectivity index (χ3v) is 17.4. The molecule has 77 heavy (non-hydrogen) atoms. The number of aliphatic hydroxyl groups excluding tert-OH is 2. The Bertz CT molecular complexity index is 2830. The van der Waals surface area contributed by atoms with Crippen molar-refractivity contribution >= 4 is 29.6 Å². The van der Waals surface area contributed by atoms with Crippen LogP contribution in [0.5, 0.6) is 23.0 Å². The van der Waals surface area contributed by atoms with Crippen LogP contribution in [0.15, 0.2) is 65.3 Å². The van der Waals surface area contributed by atoms with E-state index in [0.29, 0.717) is 42.8 Å². The van der Waals surface area contributed by atoms with Crippen LogP contribution < -0.4 is 18.9 Å². The third-order valence-electron chi connectivity index (χ3n) is 17.4. The second-order valence-electron chi connectivity index (χ2n) is 24.1. The molecular formula is C60H76N2O15. The Balaban J connectivity index is 1.11. The van der Waals surface area contributed by atoms with Gasteiger partial charge in [-0.25, -0.2) is 9.59 Å². The highest BCUT2D eigenvalue weighted by Gasteiger charge is 2.86. The zero-order valence-corrected chi connectivity index (χ0v) is 46.6. The molecule has 5 unspecified atom stereocenters. The molecule has 3 aliphatic carbocycles. The molecule has 4 bridgehead atoms. The van der Waals surface area contributed by atoms with Crippen LogP contribution >= 0.6 is 0 Å². The third kappa shape index (κ3) is 9.39. The topological polar surface area (TPSA) is 198 Å². The second-order valence-corrected chi connectivity index (χ2v) is 24.1. The molecule has 17 heteroatoms. The summed E-state index contributed by atoms with van der Waals surface area (Å²) in [6.07, 6.45) is 6.03. The first kappa shape index (κ1) is 55.1. The fraction of sp³-hybridized carbons (Fsp3) is 0.600. The molecular weight excluding hydrogens is 989 g/mol. The van der Waals surface area contributed by atoms with Gasteiger partial charge in [0, 0.05) is 61.6 Å². The summed E-state index contributed by atoms with van der Waals surface area (Å²) in [4.78, 5) is 64.9. The van der Waals surface area contributed by atoms with Gasteiger partial charge in [-0.15, -0.1) is 0 Å². The molecule has 2 aromatic rings. The van der Waals surface area contributed by atoms with Crippen molar-refractivity contribution in [3.63, 3.8) is 0 Å². The second kappa shape index (κ2) is 20.1. The number of nitrogens with zero attached hydrogens (tertiary/aromatic N) is 2. The highest BCUT2D eigenvalue weighted by atomic mass is 16.8. The molecule has 12 atom stereocenters. The number of piperazine rings is 1. The average Bonchev–Trinajstić information content (AvgIpc) is 3.52. The summed E-state index contributed by atoms with van der Waals surface area (Å²) in [5, 5.41) is 22.1. The SMILES string of the molecule is COC(=O)C(C)=CCC12OC(C)(C)[C@H]3C[C@H](C1=O)C(N1CCN(C)CC1)C1C(=O)c4c(OC(=O)c5ccc(O[C@@H]6O[C@@H]7COC(C)(C)O[C@H]7[C@H](O)[C@H]6O)cc5)c5c(c(CC=C(C)C)c4OC132)OC(C)(CCC=C(C)C)C=C5. The van der Waals surface area contributed by atoms with Crippen molar-refractivity contribution < 1.29 is 72.0 Å². The van der Waals surface area contributed by atoms with E-state index in [2.05, 4.69) is 36.8 Å². The van der Waals surface area contributed by atoms with E-state index in [1.54, 1.807) is 26.8 Å². The summed E-state index contributed by atoms with van der Waals surface area (Å²) >= 11 is 0. The Morgan fingerprint density at radius 2 is 1.58 bits per heavy atom. The van der Waals surface area contributed by atoms with Crippen LogP contribution in [0.3, 0.4) is 0 Å². The van der Waals surface area contributed by atoms with E-state index in [4.69, 9.17) is 42.6 Å². The summed E-state index contributed by atoms with van der Waals surface area (Å²) in [6, 6.07) is 5.47. The minimum atomic E-state index is -1.71. The standard InChI is InChI=1S/C60H76N2O15/c1-32(2)14-13-23-58(10)24-22-38-48(75-58)37(20-15-33(3)4)50-42(49(38)73-54(68)35-16-18-36(19-17-35)71-55-47(65)46(64)51-40(72-55)31-70-57(8,9)74-51)45(63)43-44(62-28-26-61(11)27-29-62)39-30-41-56(6,7)77-59(52(39)66,60(41,43)76-50)25-21-34(5)53(67)69-12/h14-19,21-22,24,39-41,43-44,46-47,51,55,64-65H,13,20,23,25-31H2,1-12H3/t39-,40+,41+,43?,44?,46+,47+,51+,55+,58?,59?,60?/m0/s1. The molecule has 416 valence electrons. The number of ether oxygens (including phenoxy) is 9. The Labute approximate surface area is 451 Å². The van der Waals surface area contributed by atoms with E-state index in [9.17, 15) is 19.8 Å². The van der Waals surface area contributed by atoms with Crippen molar-refractivity contribution in [2.45, 2.75) is 166 Å². The van der Waals surface area contributed by atoms with Crippen molar-refractivity contribution in [3.8, 4) is 23.0 Å². The van der Waals surface area contributed by atoms with Crippen LogP contribution in [0.25, 0.3) is 6.08 Å².